The second-order valence-corrected chi connectivity index (χ2v) is 5.77. The van der Waals surface area contributed by atoms with Crippen molar-refractivity contribution in [3.05, 3.63) is 0 Å². The van der Waals surface area contributed by atoms with Gasteiger partial charge in [-0.3, -0.25) is 4.79 Å². The number of ether oxygens (including phenoxy) is 1. The monoisotopic (exact) mass is 245 g/mol. The van der Waals surface area contributed by atoms with Crippen LogP contribution in [0.2, 0.25) is 0 Å². The van der Waals surface area contributed by atoms with Crippen molar-refractivity contribution in [3.8, 4) is 0 Å². The quantitative estimate of drug-likeness (QED) is 0.576. The molecular weight excluding hydrogens is 222 g/mol. The lowest BCUT2D eigenvalue weighted by Gasteiger charge is -2.31. The van der Waals surface area contributed by atoms with Crippen molar-refractivity contribution < 1.29 is 9.53 Å². The van der Waals surface area contributed by atoms with Crippen LogP contribution in [0.4, 0.5) is 0 Å². The second kappa shape index (κ2) is 5.92. The van der Waals surface area contributed by atoms with Crippen LogP contribution in [0, 0.1) is 5.92 Å². The van der Waals surface area contributed by atoms with E-state index in [2.05, 4.69) is 17.9 Å². The van der Waals surface area contributed by atoms with Crippen molar-refractivity contribution >= 4 is 18.5 Å². The SMILES string of the molecule is CC(S)OCC1(NC(=O)C(C)C)CCCC1. The van der Waals surface area contributed by atoms with E-state index < -0.39 is 0 Å². The van der Waals surface area contributed by atoms with E-state index in [0.717, 1.165) is 12.8 Å². The summed E-state index contributed by atoms with van der Waals surface area (Å²) < 4.78 is 5.56. The Kier molecular flexibility index (Phi) is 5.12. The average molecular weight is 245 g/mol. The average Bonchev–Trinajstić information content (AvgIpc) is 2.64. The Hall–Kier alpha value is -0.220. The van der Waals surface area contributed by atoms with Gasteiger partial charge in [0.2, 0.25) is 5.91 Å². The summed E-state index contributed by atoms with van der Waals surface area (Å²) >= 11 is 4.20. The van der Waals surface area contributed by atoms with Crippen LogP contribution >= 0.6 is 12.6 Å². The van der Waals surface area contributed by atoms with Gasteiger partial charge < -0.3 is 10.1 Å². The molecule has 1 unspecified atom stereocenters. The third-order valence-corrected chi connectivity index (χ3v) is 3.22. The molecule has 16 heavy (non-hydrogen) atoms. The van der Waals surface area contributed by atoms with Crippen LogP contribution in [0.15, 0.2) is 0 Å². The van der Waals surface area contributed by atoms with E-state index in [0.29, 0.717) is 6.61 Å². The van der Waals surface area contributed by atoms with Crippen LogP contribution in [0.1, 0.15) is 46.5 Å². The van der Waals surface area contributed by atoms with Crippen molar-refractivity contribution in [2.45, 2.75) is 57.4 Å². The topological polar surface area (TPSA) is 38.3 Å². The lowest BCUT2D eigenvalue weighted by atomic mass is 9.97. The number of nitrogens with one attached hydrogen (secondary N) is 1. The highest BCUT2D eigenvalue weighted by Crippen LogP contribution is 2.30. The summed E-state index contributed by atoms with van der Waals surface area (Å²) in [7, 11) is 0. The zero-order valence-corrected chi connectivity index (χ0v) is 11.3. The smallest absolute Gasteiger partial charge is 0.223 e. The van der Waals surface area contributed by atoms with Crippen LogP contribution in [0.25, 0.3) is 0 Å². The van der Waals surface area contributed by atoms with Gasteiger partial charge in [-0.2, -0.15) is 0 Å². The number of thiol groups is 1. The minimum absolute atomic E-state index is 0.0332. The molecule has 0 saturated heterocycles. The summed E-state index contributed by atoms with van der Waals surface area (Å²) in [4.78, 5) is 11.8. The maximum Gasteiger partial charge on any atom is 0.223 e. The fourth-order valence-electron chi connectivity index (χ4n) is 2.04. The second-order valence-electron chi connectivity index (χ2n) is 5.04. The van der Waals surface area contributed by atoms with Crippen molar-refractivity contribution in [1.82, 2.24) is 5.32 Å². The zero-order chi connectivity index (χ0) is 12.2. The fraction of sp³-hybridized carbons (Fsp3) is 0.917. The summed E-state index contributed by atoms with van der Waals surface area (Å²) in [5.74, 6) is 0.156. The first kappa shape index (κ1) is 13.8. The van der Waals surface area contributed by atoms with Gasteiger partial charge in [0.15, 0.2) is 0 Å². The summed E-state index contributed by atoms with van der Waals surface area (Å²) in [5.41, 5.74) is -0.216. The lowest BCUT2D eigenvalue weighted by molar-refractivity contribution is -0.127. The number of hydrogen-bond donors (Lipinski definition) is 2. The van der Waals surface area contributed by atoms with Crippen molar-refractivity contribution in [2.75, 3.05) is 6.61 Å². The fourth-order valence-corrected chi connectivity index (χ4v) is 2.12. The molecule has 0 aromatic heterocycles. The predicted octanol–water partition coefficient (Wildman–Crippen LogP) is 2.36. The molecule has 1 aliphatic rings. The largest absolute Gasteiger partial charge is 0.366 e. The van der Waals surface area contributed by atoms with E-state index in [4.69, 9.17) is 4.74 Å². The Morgan fingerprint density at radius 1 is 1.38 bits per heavy atom. The molecule has 1 atom stereocenters. The first-order chi connectivity index (χ1) is 7.45. The number of hydrogen-bond acceptors (Lipinski definition) is 3. The number of carbonyl (C=O) groups is 1. The van der Waals surface area contributed by atoms with Gasteiger partial charge in [0.05, 0.1) is 17.6 Å². The molecule has 0 aliphatic heterocycles. The summed E-state index contributed by atoms with van der Waals surface area (Å²) in [6.45, 7) is 6.31. The van der Waals surface area contributed by atoms with Crippen LogP contribution in [-0.2, 0) is 9.53 Å². The summed E-state index contributed by atoms with van der Waals surface area (Å²) in [5, 5.41) is 3.15. The Bertz CT molecular complexity index is 235. The van der Waals surface area contributed by atoms with Crippen molar-refractivity contribution in [1.29, 1.82) is 0 Å². The molecular formula is C12H23NO2S. The van der Waals surface area contributed by atoms with Gasteiger partial charge in [-0.15, -0.1) is 12.6 Å². The molecule has 0 bridgehead atoms. The molecule has 0 spiro atoms. The van der Waals surface area contributed by atoms with E-state index in [1.165, 1.54) is 12.8 Å². The van der Waals surface area contributed by atoms with Crippen molar-refractivity contribution in [3.63, 3.8) is 0 Å². The number of carbonyl (C=O) groups excluding carboxylic acids is 1. The van der Waals surface area contributed by atoms with Crippen LogP contribution in [0.5, 0.6) is 0 Å². The molecule has 0 aromatic rings. The zero-order valence-electron chi connectivity index (χ0n) is 10.5. The molecule has 3 nitrogen and oxygen atoms in total. The van der Waals surface area contributed by atoms with Crippen LogP contribution < -0.4 is 5.32 Å². The molecule has 1 fully saturated rings. The Morgan fingerprint density at radius 3 is 2.38 bits per heavy atom. The van der Waals surface area contributed by atoms with Gasteiger partial charge >= 0.3 is 0 Å². The molecule has 94 valence electrons. The van der Waals surface area contributed by atoms with Crippen molar-refractivity contribution in [2.24, 2.45) is 5.92 Å². The molecule has 0 heterocycles. The van der Waals surface area contributed by atoms with Gasteiger partial charge in [-0.1, -0.05) is 26.7 Å². The van der Waals surface area contributed by atoms with Gasteiger partial charge in [0, 0.05) is 5.92 Å². The maximum atomic E-state index is 11.8. The molecule has 1 N–H and O–H groups in total. The first-order valence-corrected chi connectivity index (χ1v) is 6.58. The molecule has 1 amide bonds. The van der Waals surface area contributed by atoms with Gasteiger partial charge in [-0.25, -0.2) is 0 Å². The first-order valence-electron chi connectivity index (χ1n) is 6.07. The maximum absolute atomic E-state index is 11.8. The normalized spacial score (nSPS) is 21.1. The minimum atomic E-state index is -0.141. The molecule has 1 aliphatic carbocycles. The minimum Gasteiger partial charge on any atom is -0.366 e. The van der Waals surface area contributed by atoms with Gasteiger partial charge in [0.25, 0.3) is 0 Å². The highest BCUT2D eigenvalue weighted by atomic mass is 32.1. The highest BCUT2D eigenvalue weighted by Gasteiger charge is 2.36. The Labute approximate surface area is 104 Å². The molecule has 1 saturated carbocycles. The molecule has 0 radical (unpaired) electrons. The Morgan fingerprint density at radius 2 is 1.94 bits per heavy atom. The summed E-state index contributed by atoms with van der Waals surface area (Å²) in [6.07, 6.45) is 4.38. The van der Waals surface area contributed by atoms with Gasteiger partial charge in [0.1, 0.15) is 0 Å². The lowest BCUT2D eigenvalue weighted by Crippen LogP contribution is -2.51. The number of rotatable bonds is 5. The standard InChI is InChI=1S/C12H23NO2S/c1-9(2)11(14)13-12(6-4-5-7-12)8-15-10(3)16/h9-10,16H,4-8H2,1-3H3,(H,13,14). The van der Waals surface area contributed by atoms with Gasteiger partial charge in [-0.05, 0) is 19.8 Å². The van der Waals surface area contributed by atoms with Crippen LogP contribution in [-0.4, -0.2) is 23.5 Å². The van der Waals surface area contributed by atoms with E-state index in [-0.39, 0.29) is 22.8 Å². The third-order valence-electron chi connectivity index (χ3n) is 3.07. The summed E-state index contributed by atoms with van der Waals surface area (Å²) in [6, 6.07) is 0. The van der Waals surface area contributed by atoms with E-state index in [9.17, 15) is 4.79 Å². The van der Waals surface area contributed by atoms with Crippen LogP contribution in [0.3, 0.4) is 0 Å². The van der Waals surface area contributed by atoms with E-state index in [1.54, 1.807) is 0 Å². The van der Waals surface area contributed by atoms with E-state index >= 15 is 0 Å². The Balaban J connectivity index is 2.55. The third kappa shape index (κ3) is 3.98. The predicted molar refractivity (Wildman–Crippen MR) is 68.6 cm³/mol. The molecule has 1 rings (SSSR count). The molecule has 4 heteroatoms. The molecule has 0 aromatic carbocycles. The van der Waals surface area contributed by atoms with E-state index in [1.807, 2.05) is 20.8 Å². The highest BCUT2D eigenvalue weighted by molar-refractivity contribution is 7.80. The number of amides is 1.